The van der Waals surface area contributed by atoms with Crippen LogP contribution in [0.25, 0.3) is 0 Å². The molecule has 0 aliphatic heterocycles. The average Bonchev–Trinajstić information content (AvgIpc) is 2.24. The van der Waals surface area contributed by atoms with Crippen LogP contribution in [0.4, 0.5) is 4.39 Å². The number of carbonyl (C=O) groups is 1. The number of hydrogen-bond acceptors (Lipinski definition) is 2. The Morgan fingerprint density at radius 3 is 2.75 bits per heavy atom. The molecule has 0 N–H and O–H groups in total. The molecule has 16 heavy (non-hydrogen) atoms. The van der Waals surface area contributed by atoms with Crippen LogP contribution in [0.5, 0.6) is 0 Å². The molecule has 0 amide bonds. The van der Waals surface area contributed by atoms with Crippen molar-refractivity contribution in [1.82, 2.24) is 0 Å². The van der Waals surface area contributed by atoms with Crippen LogP contribution >= 0.6 is 31.9 Å². The third kappa shape index (κ3) is 3.28. The Bertz CT molecular complexity index is 407. The van der Waals surface area contributed by atoms with Crippen LogP contribution in [-0.4, -0.2) is 17.9 Å². The van der Waals surface area contributed by atoms with Gasteiger partial charge in [-0.1, -0.05) is 15.9 Å². The summed E-state index contributed by atoms with van der Waals surface area (Å²) < 4.78 is 18.3. The number of carbonyl (C=O) groups excluding carboxylic acids is 1. The molecular weight excluding hydrogens is 343 g/mol. The number of hydrogen-bond donors (Lipinski definition) is 0. The van der Waals surface area contributed by atoms with E-state index in [0.717, 1.165) is 11.1 Å². The molecule has 5 heteroatoms. The molecule has 88 valence electrons. The van der Waals surface area contributed by atoms with Crippen LogP contribution in [0.1, 0.15) is 11.1 Å². The van der Waals surface area contributed by atoms with Gasteiger partial charge >= 0.3 is 5.97 Å². The number of esters is 1. The Kier molecular flexibility index (Phi) is 4.92. The van der Waals surface area contributed by atoms with Crippen molar-refractivity contribution in [1.29, 1.82) is 0 Å². The van der Waals surface area contributed by atoms with E-state index in [9.17, 15) is 9.18 Å². The molecule has 2 nitrogen and oxygen atoms in total. The van der Waals surface area contributed by atoms with Crippen LogP contribution < -0.4 is 0 Å². The summed E-state index contributed by atoms with van der Waals surface area (Å²) in [7, 11) is 1.33. The monoisotopic (exact) mass is 352 g/mol. The fourth-order valence-electron chi connectivity index (χ4n) is 1.31. The van der Waals surface area contributed by atoms with Gasteiger partial charge in [-0.25, -0.2) is 4.39 Å². The normalized spacial score (nSPS) is 12.3. The Balaban J connectivity index is 2.89. The van der Waals surface area contributed by atoms with Gasteiger partial charge in [0.25, 0.3) is 0 Å². The summed E-state index contributed by atoms with van der Waals surface area (Å²) in [6.45, 7) is 1.87. The SMILES string of the molecule is COC(=O)C(Br)Cc1cc(F)c(Br)cc1C. The summed E-state index contributed by atoms with van der Waals surface area (Å²) in [5.74, 6) is -0.687. The van der Waals surface area contributed by atoms with Crippen LogP contribution in [0.3, 0.4) is 0 Å². The summed E-state index contributed by atoms with van der Waals surface area (Å²) in [5.41, 5.74) is 1.72. The third-order valence-electron chi connectivity index (χ3n) is 2.23. The van der Waals surface area contributed by atoms with Crippen LogP contribution in [0.2, 0.25) is 0 Å². The Labute approximate surface area is 110 Å². The van der Waals surface area contributed by atoms with Gasteiger partial charge in [0.15, 0.2) is 0 Å². The van der Waals surface area contributed by atoms with E-state index in [-0.39, 0.29) is 11.8 Å². The molecule has 0 aliphatic carbocycles. The number of halogens is 3. The number of benzene rings is 1. The Morgan fingerprint density at radius 2 is 2.19 bits per heavy atom. The largest absolute Gasteiger partial charge is 0.468 e. The second kappa shape index (κ2) is 5.77. The number of methoxy groups -OCH3 is 1. The molecule has 0 heterocycles. The van der Waals surface area contributed by atoms with Crippen LogP contribution in [0, 0.1) is 12.7 Å². The summed E-state index contributed by atoms with van der Waals surface area (Å²) in [6.07, 6.45) is 0.405. The van der Waals surface area contributed by atoms with E-state index in [1.807, 2.05) is 6.92 Å². The first-order valence-corrected chi connectivity index (χ1v) is 6.33. The van der Waals surface area contributed by atoms with E-state index in [0.29, 0.717) is 10.9 Å². The van der Waals surface area contributed by atoms with Crippen molar-refractivity contribution in [3.8, 4) is 0 Å². The van der Waals surface area contributed by atoms with Gasteiger partial charge in [0.05, 0.1) is 11.6 Å². The quantitative estimate of drug-likeness (QED) is 0.615. The number of rotatable bonds is 3. The number of alkyl halides is 1. The van der Waals surface area contributed by atoms with E-state index >= 15 is 0 Å². The second-order valence-electron chi connectivity index (χ2n) is 3.39. The van der Waals surface area contributed by atoms with Crippen LogP contribution in [0.15, 0.2) is 16.6 Å². The molecule has 0 aliphatic rings. The maximum Gasteiger partial charge on any atom is 0.319 e. The van der Waals surface area contributed by atoms with Gasteiger partial charge < -0.3 is 4.74 Å². The van der Waals surface area contributed by atoms with E-state index < -0.39 is 4.83 Å². The van der Waals surface area contributed by atoms with E-state index in [1.165, 1.54) is 13.2 Å². The smallest absolute Gasteiger partial charge is 0.319 e. The summed E-state index contributed by atoms with van der Waals surface area (Å²) >= 11 is 6.32. The van der Waals surface area contributed by atoms with Crippen molar-refractivity contribution < 1.29 is 13.9 Å². The second-order valence-corrected chi connectivity index (χ2v) is 5.35. The van der Waals surface area contributed by atoms with Crippen molar-refractivity contribution in [3.05, 3.63) is 33.5 Å². The van der Waals surface area contributed by atoms with Crippen molar-refractivity contribution in [2.75, 3.05) is 7.11 Å². The van der Waals surface area contributed by atoms with Gasteiger partial charge in [-0.3, -0.25) is 4.79 Å². The van der Waals surface area contributed by atoms with E-state index in [4.69, 9.17) is 0 Å². The predicted molar refractivity (Wildman–Crippen MR) is 67.3 cm³/mol. The highest BCUT2D eigenvalue weighted by Gasteiger charge is 2.17. The maximum absolute atomic E-state index is 13.3. The summed E-state index contributed by atoms with van der Waals surface area (Å²) in [6, 6.07) is 3.12. The molecule has 0 radical (unpaired) electrons. The summed E-state index contributed by atoms with van der Waals surface area (Å²) in [5, 5.41) is 0. The van der Waals surface area contributed by atoms with E-state index in [2.05, 4.69) is 36.6 Å². The molecule has 1 atom stereocenters. The first-order chi connectivity index (χ1) is 7.45. The van der Waals surface area contributed by atoms with Gasteiger partial charge in [-0.05, 0) is 52.5 Å². The third-order valence-corrected chi connectivity index (χ3v) is 3.54. The van der Waals surface area contributed by atoms with Crippen molar-refractivity contribution >= 4 is 37.8 Å². The minimum atomic E-state index is -0.447. The van der Waals surface area contributed by atoms with E-state index in [1.54, 1.807) is 6.07 Å². The zero-order valence-electron chi connectivity index (χ0n) is 8.89. The number of aryl methyl sites for hydroxylation is 1. The lowest BCUT2D eigenvalue weighted by Crippen LogP contribution is -2.18. The van der Waals surface area contributed by atoms with Gasteiger partial charge in [-0.15, -0.1) is 0 Å². The molecule has 0 saturated heterocycles. The fourth-order valence-corrected chi connectivity index (χ4v) is 2.31. The van der Waals surface area contributed by atoms with Gasteiger partial charge in [0, 0.05) is 0 Å². The molecule has 1 rings (SSSR count). The summed E-state index contributed by atoms with van der Waals surface area (Å²) in [4.78, 5) is 10.8. The van der Waals surface area contributed by atoms with Gasteiger partial charge in [-0.2, -0.15) is 0 Å². The Hall–Kier alpha value is -0.420. The maximum atomic E-state index is 13.3. The average molecular weight is 354 g/mol. The molecule has 0 aromatic heterocycles. The zero-order chi connectivity index (χ0) is 12.3. The molecule has 1 aromatic carbocycles. The highest BCUT2D eigenvalue weighted by Crippen LogP contribution is 2.22. The lowest BCUT2D eigenvalue weighted by atomic mass is 10.0. The molecule has 0 bridgehead atoms. The lowest BCUT2D eigenvalue weighted by Gasteiger charge is -2.10. The first-order valence-electron chi connectivity index (χ1n) is 4.62. The highest BCUT2D eigenvalue weighted by molar-refractivity contribution is 9.10. The minimum absolute atomic E-state index is 0.329. The first kappa shape index (κ1) is 13.6. The molecule has 0 saturated carbocycles. The lowest BCUT2D eigenvalue weighted by molar-refractivity contribution is -0.139. The van der Waals surface area contributed by atoms with Crippen LogP contribution in [-0.2, 0) is 16.0 Å². The topological polar surface area (TPSA) is 26.3 Å². The molecule has 0 spiro atoms. The molecule has 0 fully saturated rings. The molecule has 1 unspecified atom stereocenters. The molecular formula is C11H11Br2FO2. The van der Waals surface area contributed by atoms with Crippen molar-refractivity contribution in [3.63, 3.8) is 0 Å². The standard InChI is InChI=1S/C11H11Br2FO2/c1-6-3-8(12)10(14)5-7(6)4-9(13)11(15)16-2/h3,5,9H,4H2,1-2H3. The Morgan fingerprint density at radius 1 is 1.56 bits per heavy atom. The fraction of sp³-hybridized carbons (Fsp3) is 0.364. The predicted octanol–water partition coefficient (Wildman–Crippen LogP) is 3.38. The number of ether oxygens (including phenoxy) is 1. The van der Waals surface area contributed by atoms with Crippen molar-refractivity contribution in [2.24, 2.45) is 0 Å². The minimum Gasteiger partial charge on any atom is -0.468 e. The molecule has 1 aromatic rings. The zero-order valence-corrected chi connectivity index (χ0v) is 12.1. The van der Waals surface area contributed by atoms with Gasteiger partial charge in [0.2, 0.25) is 0 Å². The van der Waals surface area contributed by atoms with Crippen molar-refractivity contribution in [2.45, 2.75) is 18.2 Å². The van der Waals surface area contributed by atoms with Gasteiger partial charge in [0.1, 0.15) is 10.6 Å². The highest BCUT2D eigenvalue weighted by atomic mass is 79.9.